The second-order valence-electron chi connectivity index (χ2n) is 11.6. The average Bonchev–Trinajstić information content (AvgIpc) is 2.84. The number of fused-ring (bicyclic) bond motifs is 3. The predicted molar refractivity (Wildman–Crippen MR) is 149 cm³/mol. The molecule has 4 atom stereocenters. The molecule has 0 saturated heterocycles. The van der Waals surface area contributed by atoms with Gasteiger partial charge in [0.05, 0.1) is 18.2 Å². The molecule has 0 heterocycles. The highest BCUT2D eigenvalue weighted by Gasteiger charge is 2.64. The van der Waals surface area contributed by atoms with Gasteiger partial charge in [0.15, 0.2) is 11.4 Å². The highest BCUT2D eigenvalue weighted by molar-refractivity contribution is 6.24. The maximum atomic E-state index is 14.0. The van der Waals surface area contributed by atoms with E-state index in [-0.39, 0.29) is 48.7 Å². The fourth-order valence-corrected chi connectivity index (χ4v) is 6.42. The molecular formula is C28H37N5O8. The molecular weight excluding hydrogens is 534 g/mol. The second-order valence-corrected chi connectivity index (χ2v) is 11.6. The fraction of sp³-hybridized carbons (Fsp3) is 0.500. The number of anilines is 1. The van der Waals surface area contributed by atoms with E-state index in [9.17, 15) is 39.6 Å². The standard InChI is InChI=1S/C28H37N5O8/c1-31(2)11-17(34)30-10-13-9-16(32(3)4)14-7-12-8-15-21(33(5)6)24(37)20(27(29)40)26(39)28(15,41)25(38)18(12)23(36)19(14)22(13)35/h9,12,15,21,35-36,39,41H,7-8,10-11H2,1-6H3,(H2,29,40)(H,30,34)/t12-,15-,21?,28-/m1/s1. The summed E-state index contributed by atoms with van der Waals surface area (Å²) in [6.07, 6.45) is 0.171. The molecule has 0 bridgehead atoms. The number of hydrogen-bond acceptors (Lipinski definition) is 11. The Labute approximate surface area is 237 Å². The molecule has 1 aromatic carbocycles. The molecule has 3 aliphatic carbocycles. The van der Waals surface area contributed by atoms with E-state index in [0.29, 0.717) is 16.8 Å². The predicted octanol–water partition coefficient (Wildman–Crippen LogP) is -0.792. The highest BCUT2D eigenvalue weighted by atomic mass is 16.3. The number of Topliss-reactive ketones (excluding diaryl/α,β-unsaturated/α-hetero) is 2. The van der Waals surface area contributed by atoms with Gasteiger partial charge >= 0.3 is 0 Å². The molecule has 13 heteroatoms. The number of nitrogens with one attached hydrogen (secondary N) is 1. The number of benzene rings is 1. The Morgan fingerprint density at radius 3 is 2.27 bits per heavy atom. The van der Waals surface area contributed by atoms with Crippen molar-refractivity contribution >= 4 is 34.8 Å². The average molecular weight is 572 g/mol. The van der Waals surface area contributed by atoms with Gasteiger partial charge in [0.1, 0.15) is 22.8 Å². The number of nitrogens with two attached hydrogens (primary N) is 1. The van der Waals surface area contributed by atoms with Crippen LogP contribution in [-0.4, -0.2) is 114 Å². The molecule has 2 amide bonds. The summed E-state index contributed by atoms with van der Waals surface area (Å²) >= 11 is 0. The van der Waals surface area contributed by atoms with E-state index in [2.05, 4.69) is 5.32 Å². The summed E-state index contributed by atoms with van der Waals surface area (Å²) in [7, 11) is 10.1. The number of phenols is 1. The van der Waals surface area contributed by atoms with Crippen molar-refractivity contribution in [3.63, 3.8) is 0 Å². The van der Waals surface area contributed by atoms with Crippen LogP contribution in [0.25, 0.3) is 5.76 Å². The zero-order valence-corrected chi connectivity index (χ0v) is 24.0. The number of likely N-dealkylation sites (N-methyl/N-ethyl adjacent to an activating group) is 2. The molecule has 1 aromatic rings. The van der Waals surface area contributed by atoms with Gasteiger partial charge in [-0.2, -0.15) is 0 Å². The van der Waals surface area contributed by atoms with Gasteiger partial charge < -0.3 is 41.3 Å². The van der Waals surface area contributed by atoms with Crippen molar-refractivity contribution in [1.29, 1.82) is 0 Å². The Hall–Kier alpha value is -3.94. The number of aliphatic hydroxyl groups is 3. The molecule has 0 aliphatic heterocycles. The molecule has 1 unspecified atom stereocenters. The number of phenolic OH excluding ortho intramolecular Hbond substituents is 1. The number of aromatic hydroxyl groups is 1. The smallest absolute Gasteiger partial charge is 0.255 e. The first-order valence-electron chi connectivity index (χ1n) is 13.1. The van der Waals surface area contributed by atoms with E-state index in [1.165, 1.54) is 4.90 Å². The van der Waals surface area contributed by atoms with Gasteiger partial charge in [-0.25, -0.2) is 0 Å². The zero-order chi connectivity index (χ0) is 30.7. The van der Waals surface area contributed by atoms with E-state index >= 15 is 0 Å². The minimum Gasteiger partial charge on any atom is -0.508 e. The van der Waals surface area contributed by atoms with Crippen LogP contribution in [0.2, 0.25) is 0 Å². The summed E-state index contributed by atoms with van der Waals surface area (Å²) in [4.78, 5) is 56.6. The van der Waals surface area contributed by atoms with Gasteiger partial charge in [0.2, 0.25) is 11.7 Å². The Morgan fingerprint density at radius 1 is 1.10 bits per heavy atom. The van der Waals surface area contributed by atoms with Crippen LogP contribution >= 0.6 is 0 Å². The van der Waals surface area contributed by atoms with E-state index in [4.69, 9.17) is 5.73 Å². The minimum absolute atomic E-state index is 0.00172. The molecule has 222 valence electrons. The summed E-state index contributed by atoms with van der Waals surface area (Å²) in [5, 5.41) is 48.3. The Kier molecular flexibility index (Phi) is 7.67. The molecule has 0 radical (unpaired) electrons. The minimum atomic E-state index is -2.71. The second kappa shape index (κ2) is 10.5. The number of carbonyl (C=O) groups is 4. The highest BCUT2D eigenvalue weighted by Crippen LogP contribution is 2.54. The van der Waals surface area contributed by atoms with Crippen molar-refractivity contribution < 1.29 is 39.6 Å². The summed E-state index contributed by atoms with van der Waals surface area (Å²) < 4.78 is 0. The van der Waals surface area contributed by atoms with Gasteiger partial charge in [-0.05, 0) is 58.6 Å². The number of carbonyl (C=O) groups excluding carboxylic acids is 4. The van der Waals surface area contributed by atoms with Crippen molar-refractivity contribution in [3.8, 4) is 5.75 Å². The maximum absolute atomic E-state index is 14.0. The SMILES string of the molecule is CN(C)CC(=O)NCc1cc(N(C)C)c2c(c1O)C(O)=C1C(=O)[C@@]3(O)C(O)=C(C(N)=O)C(=O)C(N(C)C)[C@H]3C[C@H]1C2. The molecule has 0 aromatic heterocycles. The van der Waals surface area contributed by atoms with E-state index in [0.717, 1.165) is 0 Å². The number of nitrogens with zero attached hydrogens (tertiary/aromatic N) is 3. The first kappa shape index (κ1) is 30.0. The van der Waals surface area contributed by atoms with Gasteiger partial charge in [-0.1, -0.05) is 0 Å². The molecule has 41 heavy (non-hydrogen) atoms. The first-order valence-corrected chi connectivity index (χ1v) is 13.1. The van der Waals surface area contributed by atoms with Crippen molar-refractivity contribution in [1.82, 2.24) is 15.1 Å². The Morgan fingerprint density at radius 2 is 1.73 bits per heavy atom. The van der Waals surface area contributed by atoms with Crippen molar-refractivity contribution in [3.05, 3.63) is 39.7 Å². The molecule has 7 N–H and O–H groups in total. The molecule has 0 spiro atoms. The van der Waals surface area contributed by atoms with Crippen LogP contribution in [0.15, 0.2) is 23.0 Å². The Bertz CT molecular complexity index is 1410. The van der Waals surface area contributed by atoms with Crippen LogP contribution in [0, 0.1) is 11.8 Å². The lowest BCUT2D eigenvalue weighted by Gasteiger charge is -2.50. The fourth-order valence-electron chi connectivity index (χ4n) is 6.42. The van der Waals surface area contributed by atoms with Crippen molar-refractivity contribution in [2.45, 2.75) is 31.0 Å². The number of ketones is 2. The lowest BCUT2D eigenvalue weighted by atomic mass is 9.57. The lowest BCUT2D eigenvalue weighted by Crippen LogP contribution is -2.65. The summed E-state index contributed by atoms with van der Waals surface area (Å²) in [5.74, 6) is -7.34. The van der Waals surface area contributed by atoms with Crippen LogP contribution < -0.4 is 16.0 Å². The van der Waals surface area contributed by atoms with Crippen LogP contribution in [0.3, 0.4) is 0 Å². The quantitative estimate of drug-likeness (QED) is 0.224. The third kappa shape index (κ3) is 4.63. The van der Waals surface area contributed by atoms with Gasteiger partial charge in [0.25, 0.3) is 5.91 Å². The monoisotopic (exact) mass is 571 g/mol. The third-order valence-electron chi connectivity index (χ3n) is 8.19. The maximum Gasteiger partial charge on any atom is 0.255 e. The van der Waals surface area contributed by atoms with Crippen molar-refractivity contribution in [2.75, 3.05) is 53.7 Å². The van der Waals surface area contributed by atoms with E-state index in [1.807, 2.05) is 0 Å². The number of rotatable bonds is 7. The van der Waals surface area contributed by atoms with Crippen LogP contribution in [0.5, 0.6) is 5.75 Å². The van der Waals surface area contributed by atoms with Gasteiger partial charge in [0, 0.05) is 43.4 Å². The Balaban J connectivity index is 1.90. The summed E-state index contributed by atoms with van der Waals surface area (Å²) in [5.41, 5.74) is 3.01. The zero-order valence-electron chi connectivity index (χ0n) is 24.0. The molecule has 1 fully saturated rings. The molecule has 1 saturated carbocycles. The largest absolute Gasteiger partial charge is 0.508 e. The number of primary amides is 1. The summed E-state index contributed by atoms with van der Waals surface area (Å²) in [6.45, 7) is 0.0645. The third-order valence-corrected chi connectivity index (χ3v) is 8.19. The van der Waals surface area contributed by atoms with E-state index in [1.54, 1.807) is 58.2 Å². The summed E-state index contributed by atoms with van der Waals surface area (Å²) in [6, 6.07) is 0.548. The molecule has 13 nitrogen and oxygen atoms in total. The normalized spacial score (nSPS) is 25.7. The van der Waals surface area contributed by atoms with Gasteiger partial charge in [-0.15, -0.1) is 0 Å². The molecule has 3 aliphatic rings. The number of amides is 2. The number of aliphatic hydroxyl groups excluding tert-OH is 2. The van der Waals surface area contributed by atoms with Gasteiger partial charge in [-0.3, -0.25) is 24.1 Å². The lowest BCUT2D eigenvalue weighted by molar-refractivity contribution is -0.153. The topological polar surface area (TPSA) is 197 Å². The first-order chi connectivity index (χ1) is 19.0. The van der Waals surface area contributed by atoms with Crippen LogP contribution in [-0.2, 0) is 32.1 Å². The molecule has 4 rings (SSSR count). The number of hydrogen-bond donors (Lipinski definition) is 6. The van der Waals surface area contributed by atoms with Crippen LogP contribution in [0.1, 0.15) is 23.1 Å². The van der Waals surface area contributed by atoms with E-state index < -0.39 is 58.0 Å². The van der Waals surface area contributed by atoms with Crippen LogP contribution in [0.4, 0.5) is 5.69 Å². The van der Waals surface area contributed by atoms with Crippen molar-refractivity contribution in [2.24, 2.45) is 17.6 Å².